The number of nitroso groups, excluding NO2 is 1. The summed E-state index contributed by atoms with van der Waals surface area (Å²) in [7, 11) is 0. The van der Waals surface area contributed by atoms with E-state index in [9.17, 15) is 4.91 Å². The van der Waals surface area contributed by atoms with Crippen LogP contribution in [0.15, 0.2) is 41.8 Å². The van der Waals surface area contributed by atoms with E-state index in [0.717, 1.165) is 11.1 Å². The molecule has 1 aromatic heterocycles. The summed E-state index contributed by atoms with van der Waals surface area (Å²) in [5.41, 5.74) is 2.90. The molecule has 0 aliphatic heterocycles. The van der Waals surface area contributed by atoms with E-state index >= 15 is 0 Å². The zero-order valence-corrected chi connectivity index (χ0v) is 8.92. The number of nitrogens with zero attached hydrogens (tertiary/aromatic N) is 3. The molecule has 2 aromatic rings. The van der Waals surface area contributed by atoms with Crippen LogP contribution in [0.3, 0.4) is 0 Å². The van der Waals surface area contributed by atoms with Crippen molar-refractivity contribution in [3.05, 3.63) is 52.7 Å². The van der Waals surface area contributed by atoms with E-state index in [4.69, 9.17) is 0 Å². The number of benzene rings is 1. The molecular formula is C12H11N3O. The number of hydrogen-bond donors (Lipinski definition) is 0. The summed E-state index contributed by atoms with van der Waals surface area (Å²) in [5, 5.41) is 2.79. The maximum atomic E-state index is 10.1. The fourth-order valence-corrected chi connectivity index (χ4v) is 1.36. The Kier molecular flexibility index (Phi) is 3.00. The Morgan fingerprint density at radius 1 is 1.12 bits per heavy atom. The highest BCUT2D eigenvalue weighted by Crippen LogP contribution is 2.14. The van der Waals surface area contributed by atoms with Crippen LogP contribution >= 0.6 is 0 Å². The molecule has 16 heavy (non-hydrogen) atoms. The molecule has 4 heteroatoms. The molecule has 0 fully saturated rings. The van der Waals surface area contributed by atoms with Crippen molar-refractivity contribution >= 4 is 0 Å². The second-order valence-corrected chi connectivity index (χ2v) is 3.57. The van der Waals surface area contributed by atoms with E-state index in [2.05, 4.69) is 15.1 Å². The molecule has 0 atom stereocenters. The summed E-state index contributed by atoms with van der Waals surface area (Å²) in [6, 6.07) is 7.98. The molecule has 2 rings (SSSR count). The Bertz CT molecular complexity index is 477. The van der Waals surface area contributed by atoms with Gasteiger partial charge in [-0.2, -0.15) is 4.91 Å². The SMILES string of the molecule is Cc1ccc(-c2ncc(CN=O)cn2)cc1. The maximum Gasteiger partial charge on any atom is 0.159 e. The molecule has 0 bridgehead atoms. The molecule has 0 saturated carbocycles. The molecule has 1 heterocycles. The van der Waals surface area contributed by atoms with Crippen LogP contribution in [0, 0.1) is 11.8 Å². The summed E-state index contributed by atoms with van der Waals surface area (Å²) in [5.74, 6) is 0.662. The Morgan fingerprint density at radius 3 is 2.31 bits per heavy atom. The summed E-state index contributed by atoms with van der Waals surface area (Å²) in [4.78, 5) is 18.4. The molecule has 4 nitrogen and oxygen atoms in total. The van der Waals surface area contributed by atoms with Gasteiger partial charge in [-0.3, -0.25) is 0 Å². The van der Waals surface area contributed by atoms with Gasteiger partial charge >= 0.3 is 0 Å². The third kappa shape index (κ3) is 2.28. The number of aromatic nitrogens is 2. The molecule has 0 aliphatic rings. The Hall–Kier alpha value is -2.10. The molecule has 0 N–H and O–H groups in total. The van der Waals surface area contributed by atoms with Gasteiger partial charge in [-0.1, -0.05) is 35.0 Å². The summed E-state index contributed by atoms with van der Waals surface area (Å²) < 4.78 is 0. The zero-order chi connectivity index (χ0) is 11.4. The first-order valence-corrected chi connectivity index (χ1v) is 4.96. The van der Waals surface area contributed by atoms with Gasteiger partial charge in [0.25, 0.3) is 0 Å². The fraction of sp³-hybridized carbons (Fsp3) is 0.167. The number of aryl methyl sites for hydroxylation is 1. The van der Waals surface area contributed by atoms with E-state index in [0.29, 0.717) is 5.82 Å². The largest absolute Gasteiger partial charge is 0.236 e. The van der Waals surface area contributed by atoms with Crippen LogP contribution in [0.25, 0.3) is 11.4 Å². The molecule has 0 unspecified atom stereocenters. The topological polar surface area (TPSA) is 55.2 Å². The lowest BCUT2D eigenvalue weighted by atomic mass is 10.1. The quantitative estimate of drug-likeness (QED) is 0.736. The standard InChI is InChI=1S/C12H11N3O/c1-9-2-4-11(5-3-9)12-13-6-10(7-14-12)8-15-16/h2-7H,8H2,1H3. The summed E-state index contributed by atoms with van der Waals surface area (Å²) >= 11 is 0. The van der Waals surface area contributed by atoms with Gasteiger partial charge in [-0.05, 0) is 6.92 Å². The van der Waals surface area contributed by atoms with Crippen LogP contribution in [0.2, 0.25) is 0 Å². The molecule has 0 spiro atoms. The van der Waals surface area contributed by atoms with Crippen molar-refractivity contribution in [1.82, 2.24) is 9.97 Å². The van der Waals surface area contributed by atoms with Crippen LogP contribution in [0.5, 0.6) is 0 Å². The predicted octanol–water partition coefficient (Wildman–Crippen LogP) is 2.72. The minimum Gasteiger partial charge on any atom is -0.236 e. The van der Waals surface area contributed by atoms with Crippen LogP contribution in [0.4, 0.5) is 0 Å². The highest BCUT2D eigenvalue weighted by atomic mass is 16.3. The third-order valence-electron chi connectivity index (χ3n) is 2.26. The summed E-state index contributed by atoms with van der Waals surface area (Å²) in [6.45, 7) is 2.15. The third-order valence-corrected chi connectivity index (χ3v) is 2.26. The van der Waals surface area contributed by atoms with E-state index < -0.39 is 0 Å². The van der Waals surface area contributed by atoms with Crippen molar-refractivity contribution < 1.29 is 0 Å². The molecule has 80 valence electrons. The number of rotatable bonds is 3. The lowest BCUT2D eigenvalue weighted by molar-refractivity contribution is 1.00. The molecule has 0 radical (unpaired) electrons. The van der Waals surface area contributed by atoms with Crippen molar-refractivity contribution in [3.63, 3.8) is 0 Å². The van der Waals surface area contributed by atoms with Gasteiger partial charge in [-0.15, -0.1) is 0 Å². The average Bonchev–Trinajstić information content (AvgIpc) is 2.32. The van der Waals surface area contributed by atoms with Gasteiger partial charge in [-0.25, -0.2) is 9.97 Å². The van der Waals surface area contributed by atoms with Crippen LogP contribution in [-0.4, -0.2) is 9.97 Å². The zero-order valence-electron chi connectivity index (χ0n) is 8.92. The van der Waals surface area contributed by atoms with E-state index in [1.807, 2.05) is 31.2 Å². The molecule has 1 aromatic carbocycles. The average molecular weight is 213 g/mol. The molecule has 0 amide bonds. The normalized spacial score (nSPS) is 10.1. The smallest absolute Gasteiger partial charge is 0.159 e. The monoisotopic (exact) mass is 213 g/mol. The van der Waals surface area contributed by atoms with Crippen LogP contribution in [-0.2, 0) is 6.54 Å². The number of hydrogen-bond acceptors (Lipinski definition) is 4. The molecule has 0 saturated heterocycles. The van der Waals surface area contributed by atoms with E-state index in [1.54, 1.807) is 12.4 Å². The fourth-order valence-electron chi connectivity index (χ4n) is 1.36. The maximum absolute atomic E-state index is 10.1. The van der Waals surface area contributed by atoms with Gasteiger partial charge in [0.2, 0.25) is 0 Å². The first-order chi connectivity index (χ1) is 7.79. The lowest BCUT2D eigenvalue weighted by Gasteiger charge is -2.00. The van der Waals surface area contributed by atoms with Crippen molar-refractivity contribution in [3.8, 4) is 11.4 Å². The Morgan fingerprint density at radius 2 is 1.75 bits per heavy atom. The van der Waals surface area contributed by atoms with Gasteiger partial charge in [0.05, 0.1) is 0 Å². The van der Waals surface area contributed by atoms with E-state index in [-0.39, 0.29) is 6.54 Å². The second-order valence-electron chi connectivity index (χ2n) is 3.57. The lowest BCUT2D eigenvalue weighted by Crippen LogP contribution is -1.91. The Labute approximate surface area is 93.4 Å². The van der Waals surface area contributed by atoms with E-state index in [1.165, 1.54) is 5.56 Å². The van der Waals surface area contributed by atoms with Crippen molar-refractivity contribution in [2.24, 2.45) is 5.18 Å². The minimum atomic E-state index is 0.119. The van der Waals surface area contributed by atoms with Gasteiger partial charge < -0.3 is 0 Å². The first-order valence-electron chi connectivity index (χ1n) is 4.96. The Balaban J connectivity index is 2.27. The molecule has 0 aliphatic carbocycles. The van der Waals surface area contributed by atoms with Crippen LogP contribution < -0.4 is 0 Å². The predicted molar refractivity (Wildman–Crippen MR) is 61.7 cm³/mol. The molecular weight excluding hydrogens is 202 g/mol. The minimum absolute atomic E-state index is 0.119. The van der Waals surface area contributed by atoms with Gasteiger partial charge in [0.15, 0.2) is 5.82 Å². The van der Waals surface area contributed by atoms with Gasteiger partial charge in [0, 0.05) is 23.5 Å². The summed E-state index contributed by atoms with van der Waals surface area (Å²) in [6.07, 6.45) is 3.26. The highest BCUT2D eigenvalue weighted by Gasteiger charge is 2.00. The van der Waals surface area contributed by atoms with Crippen LogP contribution in [0.1, 0.15) is 11.1 Å². The second kappa shape index (κ2) is 4.61. The van der Waals surface area contributed by atoms with Gasteiger partial charge in [0.1, 0.15) is 6.54 Å². The van der Waals surface area contributed by atoms with Crippen molar-refractivity contribution in [1.29, 1.82) is 0 Å². The van der Waals surface area contributed by atoms with Crippen molar-refractivity contribution in [2.75, 3.05) is 0 Å². The highest BCUT2D eigenvalue weighted by molar-refractivity contribution is 5.54. The van der Waals surface area contributed by atoms with Crippen molar-refractivity contribution in [2.45, 2.75) is 13.5 Å². The first kappa shape index (κ1) is 10.4.